The standard InChI is InChI=1S/C11H19N3O/c1-8-10(11(12)7-15)6-13-14(8)9-4-2-3-5-9/h6,9,11,15H,2-5,7,12H2,1H3. The molecule has 0 radical (unpaired) electrons. The highest BCUT2D eigenvalue weighted by Crippen LogP contribution is 2.31. The summed E-state index contributed by atoms with van der Waals surface area (Å²) in [7, 11) is 0. The summed E-state index contributed by atoms with van der Waals surface area (Å²) in [5.74, 6) is 0. The summed E-state index contributed by atoms with van der Waals surface area (Å²) in [6.45, 7) is 2.02. The Hall–Kier alpha value is -0.870. The van der Waals surface area contributed by atoms with Crippen molar-refractivity contribution in [1.82, 2.24) is 9.78 Å². The average Bonchev–Trinajstić information content (AvgIpc) is 2.85. The van der Waals surface area contributed by atoms with E-state index in [9.17, 15) is 0 Å². The van der Waals surface area contributed by atoms with E-state index in [-0.39, 0.29) is 12.6 Å². The zero-order chi connectivity index (χ0) is 10.8. The summed E-state index contributed by atoms with van der Waals surface area (Å²) < 4.78 is 2.08. The first-order valence-corrected chi connectivity index (χ1v) is 5.64. The second-order valence-electron chi connectivity index (χ2n) is 4.36. The van der Waals surface area contributed by atoms with Crippen LogP contribution >= 0.6 is 0 Å². The Labute approximate surface area is 90.1 Å². The fraction of sp³-hybridized carbons (Fsp3) is 0.727. The maximum absolute atomic E-state index is 9.03. The summed E-state index contributed by atoms with van der Waals surface area (Å²) in [6, 6.07) is 0.254. The Balaban J connectivity index is 2.22. The van der Waals surface area contributed by atoms with E-state index in [4.69, 9.17) is 10.8 Å². The zero-order valence-corrected chi connectivity index (χ0v) is 9.19. The summed E-state index contributed by atoms with van der Waals surface area (Å²) in [6.07, 6.45) is 6.83. The summed E-state index contributed by atoms with van der Waals surface area (Å²) in [5, 5.41) is 13.4. The molecule has 1 aromatic rings. The van der Waals surface area contributed by atoms with Gasteiger partial charge in [0.15, 0.2) is 0 Å². The smallest absolute Gasteiger partial charge is 0.0625 e. The Bertz CT molecular complexity index is 329. The molecule has 1 unspecified atom stereocenters. The van der Waals surface area contributed by atoms with E-state index in [1.54, 1.807) is 6.20 Å². The predicted molar refractivity (Wildman–Crippen MR) is 58.5 cm³/mol. The molecular weight excluding hydrogens is 190 g/mol. The molecule has 0 aromatic carbocycles. The van der Waals surface area contributed by atoms with Crippen molar-refractivity contribution in [2.45, 2.75) is 44.7 Å². The van der Waals surface area contributed by atoms with Crippen LogP contribution in [0.3, 0.4) is 0 Å². The molecule has 2 rings (SSSR count). The van der Waals surface area contributed by atoms with Gasteiger partial charge >= 0.3 is 0 Å². The van der Waals surface area contributed by atoms with Gasteiger partial charge in [0.2, 0.25) is 0 Å². The van der Waals surface area contributed by atoms with Crippen LogP contribution in [-0.2, 0) is 0 Å². The van der Waals surface area contributed by atoms with Crippen molar-refractivity contribution < 1.29 is 5.11 Å². The van der Waals surface area contributed by atoms with Crippen LogP contribution in [0.5, 0.6) is 0 Å². The van der Waals surface area contributed by atoms with Crippen LogP contribution in [0.15, 0.2) is 6.20 Å². The molecule has 0 saturated heterocycles. The average molecular weight is 209 g/mol. The van der Waals surface area contributed by atoms with Gasteiger partial charge in [-0.2, -0.15) is 5.10 Å². The summed E-state index contributed by atoms with van der Waals surface area (Å²) in [5.41, 5.74) is 7.89. The van der Waals surface area contributed by atoms with Gasteiger partial charge in [0.1, 0.15) is 0 Å². The van der Waals surface area contributed by atoms with Crippen LogP contribution in [-0.4, -0.2) is 21.5 Å². The maximum Gasteiger partial charge on any atom is 0.0625 e. The minimum absolute atomic E-state index is 0.0167. The van der Waals surface area contributed by atoms with Crippen LogP contribution < -0.4 is 5.73 Å². The molecule has 0 amide bonds. The van der Waals surface area contributed by atoms with Crippen LogP contribution in [0.4, 0.5) is 0 Å². The van der Waals surface area contributed by atoms with Crippen molar-refractivity contribution >= 4 is 0 Å². The van der Waals surface area contributed by atoms with Crippen LogP contribution in [0.25, 0.3) is 0 Å². The van der Waals surface area contributed by atoms with Crippen molar-refractivity contribution in [2.24, 2.45) is 5.73 Å². The molecule has 0 aliphatic heterocycles. The molecular formula is C11H19N3O. The number of hydrogen-bond donors (Lipinski definition) is 2. The first kappa shape index (κ1) is 10.6. The second kappa shape index (κ2) is 4.33. The molecule has 1 saturated carbocycles. The van der Waals surface area contributed by atoms with Gasteiger partial charge in [-0.25, -0.2) is 0 Å². The highest BCUT2D eigenvalue weighted by atomic mass is 16.3. The van der Waals surface area contributed by atoms with Crippen molar-refractivity contribution in [2.75, 3.05) is 6.61 Å². The lowest BCUT2D eigenvalue weighted by atomic mass is 10.1. The van der Waals surface area contributed by atoms with Crippen LogP contribution in [0, 0.1) is 6.92 Å². The van der Waals surface area contributed by atoms with E-state index in [0.717, 1.165) is 11.3 Å². The molecule has 4 nitrogen and oxygen atoms in total. The summed E-state index contributed by atoms with van der Waals surface area (Å²) >= 11 is 0. The lowest BCUT2D eigenvalue weighted by molar-refractivity contribution is 0.267. The van der Waals surface area contributed by atoms with Crippen LogP contribution in [0.2, 0.25) is 0 Å². The quantitative estimate of drug-likeness (QED) is 0.788. The van der Waals surface area contributed by atoms with Gasteiger partial charge in [-0.05, 0) is 19.8 Å². The third-order valence-electron chi connectivity index (χ3n) is 3.35. The molecule has 4 heteroatoms. The number of nitrogens with two attached hydrogens (primary N) is 1. The number of aliphatic hydroxyl groups excluding tert-OH is 1. The first-order valence-electron chi connectivity index (χ1n) is 5.64. The Morgan fingerprint density at radius 3 is 2.87 bits per heavy atom. The fourth-order valence-corrected chi connectivity index (χ4v) is 2.42. The molecule has 15 heavy (non-hydrogen) atoms. The highest BCUT2D eigenvalue weighted by Gasteiger charge is 2.21. The normalized spacial score (nSPS) is 19.7. The number of nitrogens with zero attached hydrogens (tertiary/aromatic N) is 2. The van der Waals surface area contributed by atoms with Crippen LogP contribution in [0.1, 0.15) is 49.0 Å². The van der Waals surface area contributed by atoms with Gasteiger partial charge in [0, 0.05) is 11.3 Å². The minimum atomic E-state index is -0.292. The fourth-order valence-electron chi connectivity index (χ4n) is 2.42. The Morgan fingerprint density at radius 1 is 1.60 bits per heavy atom. The van der Waals surface area contributed by atoms with Crippen molar-refractivity contribution in [3.63, 3.8) is 0 Å². The molecule has 1 atom stereocenters. The number of rotatable bonds is 3. The molecule has 1 heterocycles. The molecule has 1 aromatic heterocycles. The van der Waals surface area contributed by atoms with Gasteiger partial charge in [0.05, 0.1) is 24.9 Å². The molecule has 84 valence electrons. The van der Waals surface area contributed by atoms with E-state index in [2.05, 4.69) is 9.78 Å². The topological polar surface area (TPSA) is 64.1 Å². The van der Waals surface area contributed by atoms with Crippen molar-refractivity contribution in [1.29, 1.82) is 0 Å². The highest BCUT2D eigenvalue weighted by molar-refractivity contribution is 5.21. The molecule has 1 aliphatic carbocycles. The van der Waals surface area contributed by atoms with Gasteiger partial charge in [0.25, 0.3) is 0 Å². The van der Waals surface area contributed by atoms with E-state index in [1.165, 1.54) is 25.7 Å². The summed E-state index contributed by atoms with van der Waals surface area (Å²) in [4.78, 5) is 0. The van der Waals surface area contributed by atoms with Crippen molar-refractivity contribution in [3.8, 4) is 0 Å². The number of aliphatic hydroxyl groups is 1. The minimum Gasteiger partial charge on any atom is -0.394 e. The van der Waals surface area contributed by atoms with Gasteiger partial charge in [-0.15, -0.1) is 0 Å². The zero-order valence-electron chi connectivity index (χ0n) is 9.19. The van der Waals surface area contributed by atoms with E-state index < -0.39 is 0 Å². The first-order chi connectivity index (χ1) is 7.24. The Morgan fingerprint density at radius 2 is 2.27 bits per heavy atom. The van der Waals surface area contributed by atoms with E-state index in [1.807, 2.05) is 6.92 Å². The SMILES string of the molecule is Cc1c(C(N)CO)cnn1C1CCCC1. The molecule has 0 spiro atoms. The Kier molecular flexibility index (Phi) is 3.07. The molecule has 1 aliphatic rings. The lowest BCUT2D eigenvalue weighted by Crippen LogP contribution is -2.16. The van der Waals surface area contributed by atoms with E-state index >= 15 is 0 Å². The van der Waals surface area contributed by atoms with Gasteiger partial charge in [-0.1, -0.05) is 12.8 Å². The van der Waals surface area contributed by atoms with Gasteiger partial charge in [-0.3, -0.25) is 4.68 Å². The second-order valence-corrected chi connectivity index (χ2v) is 4.36. The molecule has 1 fully saturated rings. The largest absolute Gasteiger partial charge is 0.394 e. The van der Waals surface area contributed by atoms with Crippen molar-refractivity contribution in [3.05, 3.63) is 17.5 Å². The predicted octanol–water partition coefficient (Wildman–Crippen LogP) is 1.30. The third-order valence-corrected chi connectivity index (χ3v) is 3.35. The van der Waals surface area contributed by atoms with Gasteiger partial charge < -0.3 is 10.8 Å². The maximum atomic E-state index is 9.03. The molecule has 3 N–H and O–H groups in total. The third kappa shape index (κ3) is 1.92. The lowest BCUT2D eigenvalue weighted by Gasteiger charge is -2.14. The number of aromatic nitrogens is 2. The monoisotopic (exact) mass is 209 g/mol. The molecule has 0 bridgehead atoms. The van der Waals surface area contributed by atoms with E-state index in [0.29, 0.717) is 6.04 Å². The number of hydrogen-bond acceptors (Lipinski definition) is 3.